The second kappa shape index (κ2) is 5.99. The number of rotatable bonds is 6. The van der Waals surface area contributed by atoms with Crippen LogP contribution in [0.5, 0.6) is 5.75 Å². The Morgan fingerprint density at radius 3 is 3.11 bits per heavy atom. The molecular formula is C12H18N4OS. The average molecular weight is 266 g/mol. The number of nitrogens with two attached hydrogens (primary N) is 1. The predicted octanol–water partition coefficient (Wildman–Crippen LogP) is 1.92. The number of aryl methyl sites for hydroxylation is 1. The fourth-order valence-corrected chi connectivity index (χ4v) is 2.84. The van der Waals surface area contributed by atoms with Crippen LogP contribution in [0.15, 0.2) is 23.8 Å². The highest BCUT2D eigenvalue weighted by Crippen LogP contribution is 2.34. The fourth-order valence-electron chi connectivity index (χ4n) is 1.89. The molecule has 2 rings (SSSR count). The van der Waals surface area contributed by atoms with E-state index < -0.39 is 0 Å². The van der Waals surface area contributed by atoms with E-state index in [1.165, 1.54) is 0 Å². The zero-order valence-electron chi connectivity index (χ0n) is 10.6. The van der Waals surface area contributed by atoms with Crippen molar-refractivity contribution in [2.24, 2.45) is 5.84 Å². The predicted molar refractivity (Wildman–Crippen MR) is 72.6 cm³/mol. The molecular weight excluding hydrogens is 248 g/mol. The van der Waals surface area contributed by atoms with Crippen molar-refractivity contribution in [3.8, 4) is 5.75 Å². The number of thiophene rings is 1. The van der Waals surface area contributed by atoms with Crippen molar-refractivity contribution in [1.29, 1.82) is 0 Å². The van der Waals surface area contributed by atoms with E-state index in [-0.39, 0.29) is 6.04 Å². The molecule has 0 aliphatic rings. The summed E-state index contributed by atoms with van der Waals surface area (Å²) in [6.07, 6.45) is 4.93. The molecule has 98 valence electrons. The summed E-state index contributed by atoms with van der Waals surface area (Å²) >= 11 is 1.62. The Hall–Kier alpha value is -1.37. The molecule has 1 unspecified atom stereocenters. The standard InChI is InChI=1S/C12H18N4OS/c1-3-5-16-8-9(7-14-16)11(15-13)12-10(17-2)4-6-18-12/h4,6-8,11,15H,3,5,13H2,1-2H3. The lowest BCUT2D eigenvalue weighted by atomic mass is 10.1. The van der Waals surface area contributed by atoms with Gasteiger partial charge in [0.15, 0.2) is 0 Å². The molecule has 0 amide bonds. The molecule has 0 radical (unpaired) electrons. The van der Waals surface area contributed by atoms with E-state index >= 15 is 0 Å². The molecule has 0 fully saturated rings. The summed E-state index contributed by atoms with van der Waals surface area (Å²) in [5.74, 6) is 6.52. The van der Waals surface area contributed by atoms with Crippen LogP contribution in [0.3, 0.4) is 0 Å². The summed E-state index contributed by atoms with van der Waals surface area (Å²) < 4.78 is 7.26. The maximum atomic E-state index is 5.67. The number of ether oxygens (including phenoxy) is 1. The van der Waals surface area contributed by atoms with E-state index in [9.17, 15) is 0 Å². The molecule has 2 heterocycles. The van der Waals surface area contributed by atoms with Gasteiger partial charge in [-0.15, -0.1) is 11.3 Å². The Morgan fingerprint density at radius 2 is 2.44 bits per heavy atom. The fraction of sp³-hybridized carbons (Fsp3) is 0.417. The topological polar surface area (TPSA) is 65.1 Å². The van der Waals surface area contributed by atoms with E-state index in [2.05, 4.69) is 17.4 Å². The second-order valence-electron chi connectivity index (χ2n) is 3.99. The van der Waals surface area contributed by atoms with E-state index in [1.807, 2.05) is 28.5 Å². The van der Waals surface area contributed by atoms with Gasteiger partial charge in [0, 0.05) is 18.3 Å². The lowest BCUT2D eigenvalue weighted by Crippen LogP contribution is -2.28. The third kappa shape index (κ3) is 2.55. The Kier molecular flexibility index (Phi) is 4.35. The second-order valence-corrected chi connectivity index (χ2v) is 4.94. The summed E-state index contributed by atoms with van der Waals surface area (Å²) in [6.45, 7) is 3.04. The van der Waals surface area contributed by atoms with E-state index in [4.69, 9.17) is 10.6 Å². The first kappa shape index (κ1) is 13.1. The molecule has 0 spiro atoms. The molecule has 0 saturated carbocycles. The third-order valence-electron chi connectivity index (χ3n) is 2.75. The molecule has 0 aliphatic heterocycles. The Bertz CT molecular complexity index is 494. The van der Waals surface area contributed by atoms with E-state index in [1.54, 1.807) is 18.4 Å². The quantitative estimate of drug-likeness (QED) is 0.619. The van der Waals surface area contributed by atoms with Gasteiger partial charge in [-0.2, -0.15) is 5.10 Å². The molecule has 1 atom stereocenters. The zero-order valence-corrected chi connectivity index (χ0v) is 11.4. The maximum absolute atomic E-state index is 5.67. The zero-order chi connectivity index (χ0) is 13.0. The number of hydrogen-bond donors (Lipinski definition) is 2. The van der Waals surface area contributed by atoms with Crippen LogP contribution >= 0.6 is 11.3 Å². The molecule has 2 aromatic heterocycles. The molecule has 2 aromatic rings. The van der Waals surface area contributed by atoms with Gasteiger partial charge in [0.25, 0.3) is 0 Å². The number of nitrogens with zero attached hydrogens (tertiary/aromatic N) is 2. The smallest absolute Gasteiger partial charge is 0.134 e. The minimum atomic E-state index is -0.0782. The minimum Gasteiger partial charge on any atom is -0.496 e. The van der Waals surface area contributed by atoms with E-state index in [0.717, 1.165) is 29.2 Å². The van der Waals surface area contributed by atoms with Crippen molar-refractivity contribution in [2.45, 2.75) is 25.9 Å². The summed E-state index contributed by atoms with van der Waals surface area (Å²) in [5.41, 5.74) is 3.88. The number of methoxy groups -OCH3 is 1. The van der Waals surface area contributed by atoms with Gasteiger partial charge in [0.1, 0.15) is 5.75 Å². The molecule has 18 heavy (non-hydrogen) atoms. The third-order valence-corrected chi connectivity index (χ3v) is 3.71. The minimum absolute atomic E-state index is 0.0782. The van der Waals surface area contributed by atoms with Crippen molar-refractivity contribution >= 4 is 11.3 Å². The molecule has 0 aliphatic carbocycles. The molecule has 0 aromatic carbocycles. The number of aromatic nitrogens is 2. The first-order chi connectivity index (χ1) is 8.80. The van der Waals surface area contributed by atoms with Crippen molar-refractivity contribution in [2.75, 3.05) is 7.11 Å². The van der Waals surface area contributed by atoms with Crippen LogP contribution in [-0.2, 0) is 6.54 Å². The highest BCUT2D eigenvalue weighted by atomic mass is 32.1. The Labute approximate surface area is 111 Å². The van der Waals surface area contributed by atoms with Gasteiger partial charge in [0.05, 0.1) is 24.2 Å². The maximum Gasteiger partial charge on any atom is 0.134 e. The Morgan fingerprint density at radius 1 is 1.61 bits per heavy atom. The highest BCUT2D eigenvalue weighted by Gasteiger charge is 2.19. The van der Waals surface area contributed by atoms with Crippen molar-refractivity contribution in [3.05, 3.63) is 34.3 Å². The summed E-state index contributed by atoms with van der Waals surface area (Å²) in [5, 5.41) is 6.32. The average Bonchev–Trinajstić information content (AvgIpc) is 3.00. The molecule has 5 nitrogen and oxygen atoms in total. The Balaban J connectivity index is 2.27. The number of hydrogen-bond acceptors (Lipinski definition) is 5. The van der Waals surface area contributed by atoms with Gasteiger partial charge in [-0.25, -0.2) is 5.43 Å². The summed E-state index contributed by atoms with van der Waals surface area (Å²) in [7, 11) is 1.67. The van der Waals surface area contributed by atoms with Crippen LogP contribution < -0.4 is 16.0 Å². The van der Waals surface area contributed by atoms with Gasteiger partial charge in [0.2, 0.25) is 0 Å². The van der Waals surface area contributed by atoms with Crippen LogP contribution in [0.4, 0.5) is 0 Å². The van der Waals surface area contributed by atoms with E-state index in [0.29, 0.717) is 0 Å². The first-order valence-corrected chi connectivity index (χ1v) is 6.78. The monoisotopic (exact) mass is 266 g/mol. The SMILES string of the molecule is CCCn1cc(C(NN)c2sccc2OC)cn1. The summed E-state index contributed by atoms with van der Waals surface area (Å²) in [6, 6.07) is 1.87. The van der Waals surface area contributed by atoms with Gasteiger partial charge in [-0.1, -0.05) is 6.92 Å². The van der Waals surface area contributed by atoms with Crippen LogP contribution in [-0.4, -0.2) is 16.9 Å². The van der Waals surface area contributed by atoms with Crippen molar-refractivity contribution < 1.29 is 4.74 Å². The van der Waals surface area contributed by atoms with Gasteiger partial charge in [-0.3, -0.25) is 10.5 Å². The van der Waals surface area contributed by atoms with Gasteiger partial charge >= 0.3 is 0 Å². The normalized spacial score (nSPS) is 12.6. The lowest BCUT2D eigenvalue weighted by Gasteiger charge is -2.14. The van der Waals surface area contributed by atoms with Crippen LogP contribution in [0.25, 0.3) is 0 Å². The van der Waals surface area contributed by atoms with Crippen LogP contribution in [0.2, 0.25) is 0 Å². The molecule has 6 heteroatoms. The number of hydrazine groups is 1. The van der Waals surface area contributed by atoms with Crippen molar-refractivity contribution in [3.63, 3.8) is 0 Å². The largest absolute Gasteiger partial charge is 0.496 e. The lowest BCUT2D eigenvalue weighted by molar-refractivity contribution is 0.407. The molecule has 0 bridgehead atoms. The van der Waals surface area contributed by atoms with Gasteiger partial charge in [-0.05, 0) is 17.9 Å². The van der Waals surface area contributed by atoms with Crippen LogP contribution in [0.1, 0.15) is 29.8 Å². The van der Waals surface area contributed by atoms with Crippen LogP contribution in [0, 0.1) is 0 Å². The summed E-state index contributed by atoms with van der Waals surface area (Å²) in [4.78, 5) is 1.07. The molecule has 3 N–H and O–H groups in total. The van der Waals surface area contributed by atoms with Crippen molar-refractivity contribution in [1.82, 2.24) is 15.2 Å². The molecule has 0 saturated heterocycles. The first-order valence-electron chi connectivity index (χ1n) is 5.90. The number of nitrogens with one attached hydrogen (secondary N) is 1. The van der Waals surface area contributed by atoms with Gasteiger partial charge < -0.3 is 4.74 Å². The highest BCUT2D eigenvalue weighted by molar-refractivity contribution is 7.10.